The second-order valence-electron chi connectivity index (χ2n) is 7.58. The number of amides is 1. The number of hydrogen-bond acceptors (Lipinski definition) is 3. The van der Waals surface area contributed by atoms with Crippen molar-refractivity contribution >= 4 is 5.91 Å². The van der Waals surface area contributed by atoms with Gasteiger partial charge >= 0.3 is 0 Å². The van der Waals surface area contributed by atoms with Crippen LogP contribution >= 0.6 is 0 Å². The van der Waals surface area contributed by atoms with Crippen LogP contribution in [0.1, 0.15) is 47.7 Å². The monoisotopic (exact) mass is 349 g/mol. The molecule has 136 valence electrons. The molecule has 2 aliphatic heterocycles. The molecule has 3 atom stereocenters. The lowest BCUT2D eigenvalue weighted by atomic mass is 9.86. The summed E-state index contributed by atoms with van der Waals surface area (Å²) in [5.41, 5.74) is 1.90. The maximum Gasteiger partial charge on any atom is 0.272 e. The fraction of sp³-hybridized carbons (Fsp3) is 0.455. The number of benzene rings is 1. The van der Waals surface area contributed by atoms with Gasteiger partial charge in [-0.1, -0.05) is 49.2 Å². The van der Waals surface area contributed by atoms with Crippen LogP contribution in [0.3, 0.4) is 0 Å². The van der Waals surface area contributed by atoms with Gasteiger partial charge in [0.2, 0.25) is 0 Å². The van der Waals surface area contributed by atoms with Gasteiger partial charge in [-0.2, -0.15) is 0 Å². The zero-order valence-electron chi connectivity index (χ0n) is 15.4. The van der Waals surface area contributed by atoms with Crippen molar-refractivity contribution in [3.8, 4) is 0 Å². The molecule has 4 nitrogen and oxygen atoms in total. The molecule has 0 spiro atoms. The van der Waals surface area contributed by atoms with Crippen LogP contribution < -0.4 is 0 Å². The number of pyridine rings is 1. The van der Waals surface area contributed by atoms with Gasteiger partial charge in [-0.25, -0.2) is 0 Å². The van der Waals surface area contributed by atoms with Crippen LogP contribution in [-0.2, 0) is 0 Å². The first-order valence-corrected chi connectivity index (χ1v) is 9.73. The highest BCUT2D eigenvalue weighted by Crippen LogP contribution is 2.38. The Bertz CT molecular complexity index is 734. The average molecular weight is 349 g/mol. The van der Waals surface area contributed by atoms with E-state index in [1.165, 1.54) is 18.4 Å². The molecule has 2 saturated heterocycles. The molecule has 0 bridgehead atoms. The van der Waals surface area contributed by atoms with Gasteiger partial charge in [-0.15, -0.1) is 0 Å². The largest absolute Gasteiger partial charge is 0.332 e. The number of nitrogens with zero attached hydrogens (tertiary/aromatic N) is 3. The molecule has 0 radical (unpaired) electrons. The first kappa shape index (κ1) is 17.2. The summed E-state index contributed by atoms with van der Waals surface area (Å²) >= 11 is 0. The van der Waals surface area contributed by atoms with Gasteiger partial charge in [-0.05, 0) is 37.6 Å². The minimum absolute atomic E-state index is 0.0822. The number of rotatable bonds is 2. The minimum atomic E-state index is 0.0822. The Morgan fingerprint density at radius 1 is 1.04 bits per heavy atom. The highest BCUT2D eigenvalue weighted by atomic mass is 16.2. The van der Waals surface area contributed by atoms with Crippen molar-refractivity contribution in [1.82, 2.24) is 14.8 Å². The van der Waals surface area contributed by atoms with Gasteiger partial charge in [0.05, 0.1) is 6.04 Å². The van der Waals surface area contributed by atoms with Gasteiger partial charge in [0.15, 0.2) is 0 Å². The summed E-state index contributed by atoms with van der Waals surface area (Å²) in [5, 5.41) is 0. The molecule has 4 rings (SSSR count). The molecule has 26 heavy (non-hydrogen) atoms. The highest BCUT2D eigenvalue weighted by molar-refractivity contribution is 5.92. The van der Waals surface area contributed by atoms with Crippen LogP contribution in [0, 0.1) is 0 Å². The minimum Gasteiger partial charge on any atom is -0.332 e. The van der Waals surface area contributed by atoms with Crippen molar-refractivity contribution in [2.75, 3.05) is 20.1 Å². The lowest BCUT2D eigenvalue weighted by Gasteiger charge is -2.38. The number of carbonyl (C=O) groups excluding carboxylic acids is 1. The smallest absolute Gasteiger partial charge is 0.272 e. The zero-order chi connectivity index (χ0) is 17.9. The van der Waals surface area contributed by atoms with E-state index < -0.39 is 0 Å². The van der Waals surface area contributed by atoms with E-state index in [9.17, 15) is 4.79 Å². The van der Waals surface area contributed by atoms with E-state index >= 15 is 0 Å². The summed E-state index contributed by atoms with van der Waals surface area (Å²) in [6.45, 7) is 1.83. The first-order valence-electron chi connectivity index (χ1n) is 9.73. The van der Waals surface area contributed by atoms with E-state index in [4.69, 9.17) is 0 Å². The highest BCUT2D eigenvalue weighted by Gasteiger charge is 2.45. The molecule has 0 unspecified atom stereocenters. The van der Waals surface area contributed by atoms with Crippen molar-refractivity contribution in [2.45, 2.75) is 43.7 Å². The Morgan fingerprint density at radius 2 is 1.85 bits per heavy atom. The molecule has 2 fully saturated rings. The zero-order valence-corrected chi connectivity index (χ0v) is 15.4. The predicted octanol–water partition coefficient (Wildman–Crippen LogP) is 3.56. The fourth-order valence-corrected chi connectivity index (χ4v) is 4.74. The molecule has 2 aliphatic rings. The number of fused-ring (bicyclic) bond motifs is 1. The van der Waals surface area contributed by atoms with Crippen LogP contribution in [-0.4, -0.2) is 52.9 Å². The Labute approximate surface area is 155 Å². The van der Waals surface area contributed by atoms with Gasteiger partial charge < -0.3 is 9.80 Å². The topological polar surface area (TPSA) is 36.4 Å². The molecular formula is C22H27N3O. The molecule has 4 heteroatoms. The lowest BCUT2D eigenvalue weighted by Crippen LogP contribution is -2.50. The maximum absolute atomic E-state index is 13.3. The number of hydrogen-bond donors (Lipinski definition) is 0. The number of likely N-dealkylation sites (N-methyl/N-ethyl adjacent to an activating group) is 1. The molecule has 1 aromatic heterocycles. The van der Waals surface area contributed by atoms with Crippen LogP contribution in [0.2, 0.25) is 0 Å². The summed E-state index contributed by atoms with van der Waals surface area (Å²) in [6, 6.07) is 16.9. The van der Waals surface area contributed by atoms with Gasteiger partial charge in [0.1, 0.15) is 5.69 Å². The SMILES string of the molecule is CN1C[C@@H](c2ccccc2)[C@H]2[C@@H]1CCCCCN2C(=O)c1ccccn1. The molecule has 2 aromatic rings. The maximum atomic E-state index is 13.3. The van der Waals surface area contributed by atoms with Gasteiger partial charge in [0.25, 0.3) is 5.91 Å². The first-order chi connectivity index (χ1) is 12.8. The standard InChI is InChI=1S/C22H27N3O/c1-24-16-18(17-10-4-2-5-11-17)21-20(24)13-6-3-9-15-25(21)22(26)19-12-7-8-14-23-19/h2,4-5,7-8,10-12,14,18,20-21H,3,6,9,13,15-16H2,1H3/t18-,20-,21-/m0/s1. The molecular weight excluding hydrogens is 322 g/mol. The molecule has 0 saturated carbocycles. The van der Waals surface area contributed by atoms with Gasteiger partial charge in [0, 0.05) is 31.2 Å². The second-order valence-corrected chi connectivity index (χ2v) is 7.58. The van der Waals surface area contributed by atoms with Gasteiger partial charge in [-0.3, -0.25) is 9.78 Å². The van der Waals surface area contributed by atoms with E-state index in [-0.39, 0.29) is 11.9 Å². The van der Waals surface area contributed by atoms with Crippen LogP contribution in [0.4, 0.5) is 0 Å². The Kier molecular flexibility index (Phi) is 5.02. The molecule has 0 aliphatic carbocycles. The van der Waals surface area contributed by atoms with E-state index in [1.54, 1.807) is 6.20 Å². The quantitative estimate of drug-likeness (QED) is 0.832. The summed E-state index contributed by atoms with van der Waals surface area (Å²) in [6.07, 6.45) is 6.39. The lowest BCUT2D eigenvalue weighted by molar-refractivity contribution is 0.0581. The Hall–Kier alpha value is -2.20. The van der Waals surface area contributed by atoms with E-state index in [0.29, 0.717) is 17.7 Å². The Morgan fingerprint density at radius 3 is 2.62 bits per heavy atom. The van der Waals surface area contributed by atoms with Crippen LogP contribution in [0.5, 0.6) is 0 Å². The third-order valence-corrected chi connectivity index (χ3v) is 5.99. The average Bonchev–Trinajstić information content (AvgIpc) is 2.98. The number of carbonyl (C=O) groups is 1. The third-order valence-electron chi connectivity index (χ3n) is 5.99. The summed E-state index contributed by atoms with van der Waals surface area (Å²) in [5.74, 6) is 0.440. The summed E-state index contributed by atoms with van der Waals surface area (Å²) in [7, 11) is 2.21. The van der Waals surface area contributed by atoms with E-state index in [1.807, 2.05) is 18.2 Å². The number of aromatic nitrogens is 1. The van der Waals surface area contributed by atoms with Crippen LogP contribution in [0.15, 0.2) is 54.7 Å². The van der Waals surface area contributed by atoms with Crippen molar-refractivity contribution in [1.29, 1.82) is 0 Å². The van der Waals surface area contributed by atoms with Crippen molar-refractivity contribution in [3.63, 3.8) is 0 Å². The molecule has 3 heterocycles. The Balaban J connectivity index is 1.71. The third kappa shape index (κ3) is 3.26. The second kappa shape index (κ2) is 7.58. The van der Waals surface area contributed by atoms with E-state index in [0.717, 1.165) is 25.9 Å². The van der Waals surface area contributed by atoms with Crippen molar-refractivity contribution in [2.24, 2.45) is 0 Å². The van der Waals surface area contributed by atoms with Crippen molar-refractivity contribution < 1.29 is 4.79 Å². The summed E-state index contributed by atoms with van der Waals surface area (Å²) in [4.78, 5) is 22.3. The molecule has 1 amide bonds. The molecule has 1 aromatic carbocycles. The molecule has 0 N–H and O–H groups in total. The van der Waals surface area contributed by atoms with Crippen molar-refractivity contribution in [3.05, 3.63) is 66.0 Å². The normalized spacial score (nSPS) is 26.8. The fourth-order valence-electron chi connectivity index (χ4n) is 4.74. The predicted molar refractivity (Wildman–Crippen MR) is 103 cm³/mol. The van der Waals surface area contributed by atoms with Crippen LogP contribution in [0.25, 0.3) is 0 Å². The number of likely N-dealkylation sites (tertiary alicyclic amines) is 2. The van der Waals surface area contributed by atoms with E-state index in [2.05, 4.69) is 52.2 Å². The summed E-state index contributed by atoms with van der Waals surface area (Å²) < 4.78 is 0.